The van der Waals surface area contributed by atoms with Crippen LogP contribution >= 0.6 is 0 Å². The lowest BCUT2D eigenvalue weighted by Gasteiger charge is -2.37. The van der Waals surface area contributed by atoms with E-state index in [1.54, 1.807) is 24.4 Å². The summed E-state index contributed by atoms with van der Waals surface area (Å²) in [6.45, 7) is 7.15. The van der Waals surface area contributed by atoms with Crippen LogP contribution < -0.4 is 5.59 Å². The van der Waals surface area contributed by atoms with Gasteiger partial charge in [-0.1, -0.05) is 0 Å². The molecular weight excluding hydrogens is 253 g/mol. The number of nitrogens with zero attached hydrogens (tertiary/aromatic N) is 3. The number of hydrogen-bond donors (Lipinski definition) is 1. The van der Waals surface area contributed by atoms with Crippen LogP contribution in [0.15, 0.2) is 24.4 Å². The summed E-state index contributed by atoms with van der Waals surface area (Å²) in [7, 11) is 0.337. The number of nitriles is 1. The van der Waals surface area contributed by atoms with Crippen molar-refractivity contribution in [3.63, 3.8) is 0 Å². The van der Waals surface area contributed by atoms with E-state index in [0.717, 1.165) is 11.1 Å². The van der Waals surface area contributed by atoms with Gasteiger partial charge in [0, 0.05) is 5.59 Å². The average molecular weight is 271 g/mol. The highest BCUT2D eigenvalue weighted by atomic mass is 16.5. The molecule has 20 heavy (non-hydrogen) atoms. The minimum Gasteiger partial charge on any atom is -0.425 e. The molecule has 0 amide bonds. The van der Waals surface area contributed by atoms with E-state index in [4.69, 9.17) is 9.92 Å². The summed E-state index contributed by atoms with van der Waals surface area (Å²) in [6, 6.07) is 7.64. The SMILES string of the molecule is CC(C)(O)C(C)(C)OBc1ccc2cc(C#N)cnn12. The number of fused-ring (bicyclic) bond motifs is 1. The van der Waals surface area contributed by atoms with Crippen molar-refractivity contribution in [3.05, 3.63) is 30.0 Å². The van der Waals surface area contributed by atoms with Gasteiger partial charge in [-0.15, -0.1) is 0 Å². The summed E-state index contributed by atoms with van der Waals surface area (Å²) >= 11 is 0. The third-order valence-electron chi connectivity index (χ3n) is 3.76. The van der Waals surface area contributed by atoms with Crippen LogP contribution in [-0.2, 0) is 4.65 Å². The topological polar surface area (TPSA) is 70.5 Å². The highest BCUT2D eigenvalue weighted by Gasteiger charge is 2.35. The predicted octanol–water partition coefficient (Wildman–Crippen LogP) is 0.749. The molecule has 6 heteroatoms. The first-order valence-electron chi connectivity index (χ1n) is 6.48. The lowest BCUT2D eigenvalue weighted by molar-refractivity contribution is -0.0893. The van der Waals surface area contributed by atoms with Gasteiger partial charge in [0.1, 0.15) is 6.07 Å². The van der Waals surface area contributed by atoms with Gasteiger partial charge in [-0.05, 0) is 45.9 Å². The van der Waals surface area contributed by atoms with Crippen molar-refractivity contribution in [2.45, 2.75) is 38.9 Å². The van der Waals surface area contributed by atoms with Crippen molar-refractivity contribution >= 4 is 18.6 Å². The smallest absolute Gasteiger partial charge is 0.329 e. The van der Waals surface area contributed by atoms with Gasteiger partial charge in [0.2, 0.25) is 0 Å². The maximum Gasteiger partial charge on any atom is 0.329 e. The maximum atomic E-state index is 10.1. The molecule has 0 fully saturated rings. The third kappa shape index (κ3) is 2.69. The van der Waals surface area contributed by atoms with Crippen molar-refractivity contribution in [2.24, 2.45) is 0 Å². The molecule has 2 aromatic heterocycles. The minimum absolute atomic E-state index is 0.337. The molecule has 0 spiro atoms. The summed E-state index contributed by atoms with van der Waals surface area (Å²) in [5.74, 6) is 0. The molecule has 0 saturated heterocycles. The van der Waals surface area contributed by atoms with Gasteiger partial charge < -0.3 is 9.76 Å². The van der Waals surface area contributed by atoms with Crippen molar-refractivity contribution in [3.8, 4) is 6.07 Å². The van der Waals surface area contributed by atoms with E-state index in [-0.39, 0.29) is 0 Å². The Kier molecular flexibility index (Phi) is 3.59. The fourth-order valence-electron chi connectivity index (χ4n) is 1.66. The fourth-order valence-corrected chi connectivity index (χ4v) is 1.66. The number of aromatic nitrogens is 2. The average Bonchev–Trinajstić information content (AvgIpc) is 2.77. The van der Waals surface area contributed by atoms with Gasteiger partial charge in [-0.3, -0.25) is 0 Å². The van der Waals surface area contributed by atoms with E-state index < -0.39 is 11.2 Å². The highest BCUT2D eigenvalue weighted by Crippen LogP contribution is 2.24. The van der Waals surface area contributed by atoms with Crippen LogP contribution in [0, 0.1) is 11.3 Å². The predicted molar refractivity (Wildman–Crippen MR) is 78.2 cm³/mol. The first kappa shape index (κ1) is 14.6. The first-order valence-corrected chi connectivity index (χ1v) is 6.48. The molecule has 104 valence electrons. The normalized spacial score (nSPS) is 12.4. The standard InChI is InChI=1S/C14H18BN3O2/c1-13(2,19)14(3,4)20-15-12-6-5-11-7-10(8-16)9-17-18(11)12/h5-7,9,15,19H,1-4H3. The number of aliphatic hydroxyl groups is 1. The highest BCUT2D eigenvalue weighted by molar-refractivity contribution is 6.46. The van der Waals surface area contributed by atoms with Crippen LogP contribution in [0.5, 0.6) is 0 Å². The summed E-state index contributed by atoms with van der Waals surface area (Å²) in [5, 5.41) is 23.2. The summed E-state index contributed by atoms with van der Waals surface area (Å²) in [4.78, 5) is 0. The summed E-state index contributed by atoms with van der Waals surface area (Å²) < 4.78 is 7.56. The lowest BCUT2D eigenvalue weighted by atomic mass is 9.85. The molecule has 2 heterocycles. The van der Waals surface area contributed by atoms with Crippen molar-refractivity contribution in [1.29, 1.82) is 5.26 Å². The van der Waals surface area contributed by atoms with E-state index in [1.807, 2.05) is 26.0 Å². The van der Waals surface area contributed by atoms with E-state index in [9.17, 15) is 5.11 Å². The zero-order valence-electron chi connectivity index (χ0n) is 12.2. The fraction of sp³-hybridized carbons (Fsp3) is 0.429. The second-order valence-electron chi connectivity index (χ2n) is 5.88. The van der Waals surface area contributed by atoms with Gasteiger partial charge in [-0.2, -0.15) is 10.4 Å². The van der Waals surface area contributed by atoms with Crippen LogP contribution in [0.2, 0.25) is 0 Å². The Morgan fingerprint density at radius 1 is 1.35 bits per heavy atom. The van der Waals surface area contributed by atoms with E-state index in [1.165, 1.54) is 6.20 Å². The molecule has 0 aliphatic carbocycles. The summed E-state index contributed by atoms with van der Waals surface area (Å²) in [5.41, 5.74) is 0.635. The molecule has 2 rings (SSSR count). The molecular formula is C14H18BN3O2. The molecule has 2 aromatic rings. The molecule has 0 aromatic carbocycles. The zero-order chi connectivity index (χ0) is 15.0. The van der Waals surface area contributed by atoms with E-state index >= 15 is 0 Å². The number of hydrogen-bond acceptors (Lipinski definition) is 4. The van der Waals surface area contributed by atoms with Gasteiger partial charge >= 0.3 is 7.48 Å². The molecule has 5 nitrogen and oxygen atoms in total. The van der Waals surface area contributed by atoms with Crippen molar-refractivity contribution in [1.82, 2.24) is 9.61 Å². The van der Waals surface area contributed by atoms with Gasteiger partial charge in [0.05, 0.1) is 28.5 Å². The van der Waals surface area contributed by atoms with Crippen LogP contribution in [0.1, 0.15) is 33.3 Å². The zero-order valence-corrected chi connectivity index (χ0v) is 12.2. The Bertz CT molecular complexity index is 665. The molecule has 0 atom stereocenters. The maximum absolute atomic E-state index is 10.1. The molecule has 0 unspecified atom stereocenters. The van der Waals surface area contributed by atoms with Crippen LogP contribution in [0.25, 0.3) is 5.52 Å². The first-order chi connectivity index (χ1) is 9.24. The third-order valence-corrected chi connectivity index (χ3v) is 3.76. The molecule has 0 radical (unpaired) electrons. The monoisotopic (exact) mass is 271 g/mol. The Hall–Kier alpha value is -1.84. The van der Waals surface area contributed by atoms with Crippen molar-refractivity contribution < 1.29 is 9.76 Å². The lowest BCUT2D eigenvalue weighted by Crippen LogP contribution is -2.49. The summed E-state index contributed by atoms with van der Waals surface area (Å²) in [6.07, 6.45) is 1.53. The van der Waals surface area contributed by atoms with Crippen LogP contribution in [0.3, 0.4) is 0 Å². The van der Waals surface area contributed by atoms with Gasteiger partial charge in [-0.25, -0.2) is 4.52 Å². The van der Waals surface area contributed by atoms with E-state index in [0.29, 0.717) is 13.0 Å². The minimum atomic E-state index is -0.943. The molecule has 0 saturated carbocycles. The van der Waals surface area contributed by atoms with E-state index in [2.05, 4.69) is 11.2 Å². The Morgan fingerprint density at radius 3 is 2.65 bits per heavy atom. The molecule has 1 N–H and O–H groups in total. The largest absolute Gasteiger partial charge is 0.425 e. The van der Waals surface area contributed by atoms with Gasteiger partial charge in [0.25, 0.3) is 0 Å². The van der Waals surface area contributed by atoms with Crippen molar-refractivity contribution in [2.75, 3.05) is 0 Å². The van der Waals surface area contributed by atoms with Crippen LogP contribution in [0.4, 0.5) is 0 Å². The molecule has 0 bridgehead atoms. The second-order valence-corrected chi connectivity index (χ2v) is 5.88. The Balaban J connectivity index is 2.22. The Labute approximate surface area is 119 Å². The second kappa shape index (κ2) is 4.93. The quantitative estimate of drug-likeness (QED) is 0.833. The number of rotatable bonds is 4. The molecule has 0 aliphatic rings. The Morgan fingerprint density at radius 2 is 2.05 bits per heavy atom. The van der Waals surface area contributed by atoms with Crippen LogP contribution in [-0.4, -0.2) is 33.4 Å². The van der Waals surface area contributed by atoms with Gasteiger partial charge in [0.15, 0.2) is 0 Å². The molecule has 0 aliphatic heterocycles.